The Labute approximate surface area is 123 Å². The van der Waals surface area contributed by atoms with E-state index < -0.39 is 0 Å². The second-order valence-electron chi connectivity index (χ2n) is 4.33. The van der Waals surface area contributed by atoms with E-state index in [2.05, 4.69) is 15.9 Å². The van der Waals surface area contributed by atoms with Gasteiger partial charge in [-0.2, -0.15) is 11.3 Å². The van der Waals surface area contributed by atoms with Crippen molar-refractivity contribution in [3.63, 3.8) is 0 Å². The number of fused-ring (bicyclic) bond motifs is 1. The van der Waals surface area contributed by atoms with Crippen LogP contribution in [0.2, 0.25) is 0 Å². The van der Waals surface area contributed by atoms with Crippen molar-refractivity contribution in [3.05, 3.63) is 68.6 Å². The number of rotatable bonds is 2. The van der Waals surface area contributed by atoms with Crippen molar-refractivity contribution in [2.24, 2.45) is 5.73 Å². The minimum atomic E-state index is -0.258. The fourth-order valence-corrected chi connectivity index (χ4v) is 3.82. The molecular weight excluding hydrogens is 325 g/mol. The second-order valence-corrected chi connectivity index (χ2v) is 5.93. The van der Waals surface area contributed by atoms with E-state index in [4.69, 9.17) is 5.73 Å². The van der Waals surface area contributed by atoms with E-state index in [9.17, 15) is 4.39 Å². The molecule has 0 radical (unpaired) electrons. The molecular formula is C15H11BrFNS. The van der Waals surface area contributed by atoms with Gasteiger partial charge in [-0.15, -0.1) is 0 Å². The van der Waals surface area contributed by atoms with Crippen molar-refractivity contribution in [1.29, 1.82) is 0 Å². The summed E-state index contributed by atoms with van der Waals surface area (Å²) >= 11 is 5.10. The highest BCUT2D eigenvalue weighted by molar-refractivity contribution is 9.10. The summed E-state index contributed by atoms with van der Waals surface area (Å²) in [5.41, 5.74) is 8.30. The molecule has 2 N–H and O–H groups in total. The molecule has 0 bridgehead atoms. The van der Waals surface area contributed by atoms with Gasteiger partial charge in [-0.25, -0.2) is 4.39 Å². The lowest BCUT2D eigenvalue weighted by Gasteiger charge is -2.15. The van der Waals surface area contributed by atoms with E-state index in [1.165, 1.54) is 6.07 Å². The Hall–Kier alpha value is -1.23. The van der Waals surface area contributed by atoms with Gasteiger partial charge in [-0.1, -0.05) is 30.3 Å². The Morgan fingerprint density at radius 1 is 1.00 bits per heavy atom. The molecule has 0 aliphatic rings. The molecule has 1 heterocycles. The third-order valence-corrected chi connectivity index (χ3v) is 4.97. The lowest BCUT2D eigenvalue weighted by Crippen LogP contribution is -2.12. The monoisotopic (exact) mass is 335 g/mol. The molecule has 0 saturated carbocycles. The van der Waals surface area contributed by atoms with Gasteiger partial charge in [0.15, 0.2) is 0 Å². The maximum Gasteiger partial charge on any atom is 0.131 e. The van der Waals surface area contributed by atoms with Gasteiger partial charge in [-0.3, -0.25) is 0 Å². The number of hydrogen-bond acceptors (Lipinski definition) is 2. The zero-order valence-corrected chi connectivity index (χ0v) is 12.3. The van der Waals surface area contributed by atoms with Crippen LogP contribution in [-0.2, 0) is 0 Å². The van der Waals surface area contributed by atoms with E-state index in [1.807, 2.05) is 29.0 Å². The first-order valence-electron chi connectivity index (χ1n) is 5.83. The number of thiophene rings is 1. The van der Waals surface area contributed by atoms with Crippen LogP contribution < -0.4 is 5.73 Å². The smallest absolute Gasteiger partial charge is 0.131 e. The van der Waals surface area contributed by atoms with Crippen LogP contribution in [-0.4, -0.2) is 0 Å². The lowest BCUT2D eigenvalue weighted by molar-refractivity contribution is 0.639. The molecule has 3 rings (SSSR count). The summed E-state index contributed by atoms with van der Waals surface area (Å²) in [7, 11) is 0. The molecule has 2 aromatic carbocycles. The van der Waals surface area contributed by atoms with E-state index in [0.717, 1.165) is 21.0 Å². The van der Waals surface area contributed by atoms with Gasteiger partial charge in [0.1, 0.15) is 5.82 Å². The summed E-state index contributed by atoms with van der Waals surface area (Å²) in [6.07, 6.45) is 0. The third kappa shape index (κ3) is 2.20. The van der Waals surface area contributed by atoms with Crippen LogP contribution in [0.4, 0.5) is 4.39 Å². The molecule has 0 amide bonds. The molecule has 3 aromatic rings. The quantitative estimate of drug-likeness (QED) is 0.711. The first-order chi connectivity index (χ1) is 9.18. The van der Waals surface area contributed by atoms with E-state index in [-0.39, 0.29) is 11.9 Å². The van der Waals surface area contributed by atoms with Crippen molar-refractivity contribution >= 4 is 38.0 Å². The molecule has 0 aliphatic heterocycles. The second kappa shape index (κ2) is 5.04. The third-order valence-electron chi connectivity index (χ3n) is 3.22. The average Bonchev–Trinajstić information content (AvgIpc) is 2.85. The van der Waals surface area contributed by atoms with Gasteiger partial charge in [0.25, 0.3) is 0 Å². The van der Waals surface area contributed by atoms with Crippen LogP contribution in [0.15, 0.2) is 51.6 Å². The minimum Gasteiger partial charge on any atom is -0.320 e. The SMILES string of the molecule is NC(c1cscc1Br)c1ccc(F)c2ccccc12. The minimum absolute atomic E-state index is 0.212. The maximum absolute atomic E-state index is 13.8. The van der Waals surface area contributed by atoms with Gasteiger partial charge in [0, 0.05) is 15.2 Å². The molecule has 0 fully saturated rings. The molecule has 0 saturated heterocycles. The molecule has 19 heavy (non-hydrogen) atoms. The van der Waals surface area contributed by atoms with Crippen molar-refractivity contribution in [2.75, 3.05) is 0 Å². The highest BCUT2D eigenvalue weighted by Crippen LogP contribution is 2.33. The molecule has 4 heteroatoms. The Balaban J connectivity index is 2.21. The van der Waals surface area contributed by atoms with E-state index in [1.54, 1.807) is 23.5 Å². The maximum atomic E-state index is 13.8. The van der Waals surface area contributed by atoms with Gasteiger partial charge in [0.05, 0.1) is 6.04 Å². The zero-order valence-electron chi connectivity index (χ0n) is 9.94. The molecule has 1 aromatic heterocycles. The first kappa shape index (κ1) is 12.8. The van der Waals surface area contributed by atoms with Crippen LogP contribution in [0.3, 0.4) is 0 Å². The summed E-state index contributed by atoms with van der Waals surface area (Å²) in [6, 6.07) is 10.4. The van der Waals surface area contributed by atoms with Crippen LogP contribution in [0.1, 0.15) is 17.2 Å². The standard InChI is InChI=1S/C15H11BrFNS/c16-13-8-19-7-12(13)15(18)11-5-6-14(17)10-4-2-1-3-9(10)11/h1-8,15H,18H2. The van der Waals surface area contributed by atoms with Crippen LogP contribution in [0, 0.1) is 5.82 Å². The Morgan fingerprint density at radius 3 is 2.42 bits per heavy atom. The fraction of sp³-hybridized carbons (Fsp3) is 0.0667. The van der Waals surface area contributed by atoms with Gasteiger partial charge in [0.2, 0.25) is 0 Å². The number of benzene rings is 2. The lowest BCUT2D eigenvalue weighted by atomic mass is 9.96. The van der Waals surface area contributed by atoms with Crippen molar-refractivity contribution in [1.82, 2.24) is 0 Å². The molecule has 1 unspecified atom stereocenters. The molecule has 1 nitrogen and oxygen atoms in total. The normalized spacial score (nSPS) is 12.8. The summed E-state index contributed by atoms with van der Waals surface area (Å²) in [4.78, 5) is 0. The summed E-state index contributed by atoms with van der Waals surface area (Å²) in [5, 5.41) is 5.50. The largest absolute Gasteiger partial charge is 0.320 e. The zero-order chi connectivity index (χ0) is 13.4. The van der Waals surface area contributed by atoms with Gasteiger partial charge in [-0.05, 0) is 43.9 Å². The molecule has 0 spiro atoms. The van der Waals surface area contributed by atoms with E-state index in [0.29, 0.717) is 5.39 Å². The summed E-state index contributed by atoms with van der Waals surface area (Å²) < 4.78 is 14.8. The number of halogens is 2. The van der Waals surface area contributed by atoms with Crippen molar-refractivity contribution in [3.8, 4) is 0 Å². The Kier molecular flexibility index (Phi) is 3.39. The summed E-state index contributed by atoms with van der Waals surface area (Å²) in [5.74, 6) is -0.212. The molecule has 0 aliphatic carbocycles. The highest BCUT2D eigenvalue weighted by Gasteiger charge is 2.16. The molecule has 1 atom stereocenters. The van der Waals surface area contributed by atoms with Crippen LogP contribution in [0.5, 0.6) is 0 Å². The Bertz CT molecular complexity index is 738. The van der Waals surface area contributed by atoms with E-state index >= 15 is 0 Å². The predicted octanol–water partition coefficient (Wildman–Crippen LogP) is 4.85. The van der Waals surface area contributed by atoms with Crippen molar-refractivity contribution < 1.29 is 4.39 Å². The first-order valence-corrected chi connectivity index (χ1v) is 7.56. The average molecular weight is 336 g/mol. The predicted molar refractivity (Wildman–Crippen MR) is 82.0 cm³/mol. The number of hydrogen-bond donors (Lipinski definition) is 1. The number of nitrogens with two attached hydrogens (primary N) is 1. The topological polar surface area (TPSA) is 26.0 Å². The fourth-order valence-electron chi connectivity index (χ4n) is 2.24. The van der Waals surface area contributed by atoms with Gasteiger partial charge >= 0.3 is 0 Å². The van der Waals surface area contributed by atoms with Crippen molar-refractivity contribution in [2.45, 2.75) is 6.04 Å². The summed E-state index contributed by atoms with van der Waals surface area (Å²) in [6.45, 7) is 0. The Morgan fingerprint density at radius 2 is 1.74 bits per heavy atom. The van der Waals surface area contributed by atoms with Gasteiger partial charge < -0.3 is 5.73 Å². The highest BCUT2D eigenvalue weighted by atomic mass is 79.9. The molecule has 96 valence electrons. The van der Waals surface area contributed by atoms with Crippen LogP contribution in [0.25, 0.3) is 10.8 Å². The van der Waals surface area contributed by atoms with Crippen LogP contribution >= 0.6 is 27.3 Å².